The van der Waals surface area contributed by atoms with Crippen molar-refractivity contribution in [2.24, 2.45) is 0 Å². The van der Waals surface area contributed by atoms with E-state index in [1.54, 1.807) is 6.20 Å². The van der Waals surface area contributed by atoms with E-state index >= 15 is 0 Å². The number of aromatic nitrogens is 1. The van der Waals surface area contributed by atoms with Crippen LogP contribution in [-0.2, 0) is 6.42 Å². The van der Waals surface area contributed by atoms with Crippen LogP contribution in [0.25, 0.3) is 0 Å². The Kier molecular flexibility index (Phi) is 3.83. The fourth-order valence-corrected chi connectivity index (χ4v) is 2.71. The van der Waals surface area contributed by atoms with Gasteiger partial charge in [0.1, 0.15) is 0 Å². The van der Waals surface area contributed by atoms with Crippen molar-refractivity contribution in [2.75, 3.05) is 18.4 Å². The standard InChI is InChI=1S/C16H17N3O2/c20-16(21)13-6-7-17-9-14(13)19-10-15-12-4-2-1-3-11(12)5-8-18-15/h1-4,6-7,9,15,18-19H,5,8,10H2,(H,20,21). The third-order valence-corrected chi connectivity index (χ3v) is 3.76. The van der Waals surface area contributed by atoms with Gasteiger partial charge in [-0.1, -0.05) is 24.3 Å². The first-order chi connectivity index (χ1) is 10.3. The predicted molar refractivity (Wildman–Crippen MR) is 80.6 cm³/mol. The molecule has 0 saturated carbocycles. The number of anilines is 1. The first kappa shape index (κ1) is 13.6. The number of carboxylic acids is 1. The van der Waals surface area contributed by atoms with Gasteiger partial charge in [0, 0.05) is 18.8 Å². The average Bonchev–Trinajstić information content (AvgIpc) is 2.53. The molecule has 0 bridgehead atoms. The molecule has 5 heteroatoms. The molecule has 3 N–H and O–H groups in total. The van der Waals surface area contributed by atoms with Crippen molar-refractivity contribution < 1.29 is 9.90 Å². The van der Waals surface area contributed by atoms with E-state index < -0.39 is 5.97 Å². The van der Waals surface area contributed by atoms with Gasteiger partial charge in [0.15, 0.2) is 0 Å². The van der Waals surface area contributed by atoms with Gasteiger partial charge in [-0.3, -0.25) is 4.98 Å². The van der Waals surface area contributed by atoms with E-state index in [1.807, 2.05) is 6.07 Å². The van der Waals surface area contributed by atoms with E-state index in [0.29, 0.717) is 12.2 Å². The Balaban J connectivity index is 1.76. The Morgan fingerprint density at radius 3 is 3.10 bits per heavy atom. The van der Waals surface area contributed by atoms with Crippen LogP contribution in [0.4, 0.5) is 5.69 Å². The molecule has 21 heavy (non-hydrogen) atoms. The number of nitrogens with one attached hydrogen (secondary N) is 2. The largest absolute Gasteiger partial charge is 0.478 e. The van der Waals surface area contributed by atoms with Crippen molar-refractivity contribution in [3.8, 4) is 0 Å². The van der Waals surface area contributed by atoms with Crippen molar-refractivity contribution >= 4 is 11.7 Å². The number of pyridine rings is 1. The minimum atomic E-state index is -0.947. The Morgan fingerprint density at radius 2 is 2.24 bits per heavy atom. The zero-order valence-electron chi connectivity index (χ0n) is 11.5. The molecular formula is C16H17N3O2. The van der Waals surface area contributed by atoms with E-state index in [4.69, 9.17) is 0 Å². The van der Waals surface area contributed by atoms with E-state index in [-0.39, 0.29) is 11.6 Å². The SMILES string of the molecule is O=C(O)c1ccncc1NCC1NCCc2ccccc21. The van der Waals surface area contributed by atoms with Crippen LogP contribution in [0.15, 0.2) is 42.7 Å². The number of benzene rings is 1. The number of carboxylic acid groups (broad SMARTS) is 1. The summed E-state index contributed by atoms with van der Waals surface area (Å²) in [6.07, 6.45) is 4.07. The van der Waals surface area contributed by atoms with Crippen LogP contribution in [-0.4, -0.2) is 29.1 Å². The number of fused-ring (bicyclic) bond motifs is 1. The Bertz CT molecular complexity index is 657. The predicted octanol–water partition coefficient (Wildman–Crippen LogP) is 2.08. The molecule has 5 nitrogen and oxygen atoms in total. The molecule has 1 atom stereocenters. The quantitative estimate of drug-likeness (QED) is 0.801. The Hall–Kier alpha value is -2.40. The van der Waals surface area contributed by atoms with Gasteiger partial charge in [0.2, 0.25) is 0 Å². The summed E-state index contributed by atoms with van der Waals surface area (Å²) in [5.74, 6) is -0.947. The molecular weight excluding hydrogens is 266 g/mol. The summed E-state index contributed by atoms with van der Waals surface area (Å²) in [5, 5.41) is 15.8. The van der Waals surface area contributed by atoms with Gasteiger partial charge in [0.25, 0.3) is 0 Å². The molecule has 2 aromatic rings. The molecule has 1 aliphatic rings. The minimum Gasteiger partial charge on any atom is -0.478 e. The summed E-state index contributed by atoms with van der Waals surface area (Å²) < 4.78 is 0. The molecule has 0 radical (unpaired) electrons. The molecule has 0 aliphatic carbocycles. The van der Waals surface area contributed by atoms with E-state index in [0.717, 1.165) is 13.0 Å². The topological polar surface area (TPSA) is 74.2 Å². The summed E-state index contributed by atoms with van der Waals surface area (Å²) in [4.78, 5) is 15.2. The number of hydrogen-bond donors (Lipinski definition) is 3. The van der Waals surface area contributed by atoms with Crippen LogP contribution in [0.1, 0.15) is 27.5 Å². The fraction of sp³-hybridized carbons (Fsp3) is 0.250. The summed E-state index contributed by atoms with van der Waals surface area (Å²) in [7, 11) is 0. The third-order valence-electron chi connectivity index (χ3n) is 3.76. The summed E-state index contributed by atoms with van der Waals surface area (Å²) >= 11 is 0. The van der Waals surface area contributed by atoms with E-state index in [2.05, 4.69) is 33.8 Å². The van der Waals surface area contributed by atoms with Crippen LogP contribution < -0.4 is 10.6 Å². The van der Waals surface area contributed by atoms with Crippen LogP contribution in [0.5, 0.6) is 0 Å². The lowest BCUT2D eigenvalue weighted by Crippen LogP contribution is -2.34. The maximum atomic E-state index is 11.2. The normalized spacial score (nSPS) is 17.0. The smallest absolute Gasteiger partial charge is 0.337 e. The van der Waals surface area contributed by atoms with Gasteiger partial charge in [-0.15, -0.1) is 0 Å². The molecule has 0 amide bonds. The van der Waals surface area contributed by atoms with Crippen molar-refractivity contribution in [1.29, 1.82) is 0 Å². The van der Waals surface area contributed by atoms with Crippen molar-refractivity contribution in [3.63, 3.8) is 0 Å². The number of carbonyl (C=O) groups is 1. The van der Waals surface area contributed by atoms with Crippen LogP contribution >= 0.6 is 0 Å². The number of hydrogen-bond acceptors (Lipinski definition) is 4. The average molecular weight is 283 g/mol. The first-order valence-electron chi connectivity index (χ1n) is 6.98. The van der Waals surface area contributed by atoms with Gasteiger partial charge in [-0.05, 0) is 30.2 Å². The Labute approximate surface area is 123 Å². The monoisotopic (exact) mass is 283 g/mol. The zero-order valence-corrected chi connectivity index (χ0v) is 11.5. The maximum Gasteiger partial charge on any atom is 0.337 e. The van der Waals surface area contributed by atoms with Crippen molar-refractivity contribution in [2.45, 2.75) is 12.5 Å². The molecule has 2 heterocycles. The molecule has 1 aromatic heterocycles. The van der Waals surface area contributed by atoms with Crippen molar-refractivity contribution in [3.05, 3.63) is 59.4 Å². The summed E-state index contributed by atoms with van der Waals surface area (Å²) in [5.41, 5.74) is 3.42. The van der Waals surface area contributed by atoms with Gasteiger partial charge in [-0.2, -0.15) is 0 Å². The highest BCUT2D eigenvalue weighted by molar-refractivity contribution is 5.93. The molecule has 0 spiro atoms. The third kappa shape index (κ3) is 2.87. The number of aromatic carboxylic acids is 1. The molecule has 3 rings (SSSR count). The second-order valence-electron chi connectivity index (χ2n) is 5.06. The maximum absolute atomic E-state index is 11.2. The first-order valence-corrected chi connectivity index (χ1v) is 6.98. The van der Waals surface area contributed by atoms with Crippen LogP contribution in [0.3, 0.4) is 0 Å². The highest BCUT2D eigenvalue weighted by atomic mass is 16.4. The van der Waals surface area contributed by atoms with Crippen molar-refractivity contribution in [1.82, 2.24) is 10.3 Å². The molecule has 1 unspecified atom stereocenters. The summed E-state index contributed by atoms with van der Waals surface area (Å²) in [6, 6.07) is 10.0. The highest BCUT2D eigenvalue weighted by Gasteiger charge is 2.19. The van der Waals surface area contributed by atoms with Gasteiger partial charge in [-0.25, -0.2) is 4.79 Å². The second kappa shape index (κ2) is 5.93. The highest BCUT2D eigenvalue weighted by Crippen LogP contribution is 2.23. The molecule has 0 fully saturated rings. The molecule has 1 aromatic carbocycles. The van der Waals surface area contributed by atoms with Gasteiger partial charge >= 0.3 is 5.97 Å². The fourth-order valence-electron chi connectivity index (χ4n) is 2.71. The van der Waals surface area contributed by atoms with Gasteiger partial charge in [0.05, 0.1) is 17.4 Å². The summed E-state index contributed by atoms with van der Waals surface area (Å²) in [6.45, 7) is 1.56. The van der Waals surface area contributed by atoms with Crippen LogP contribution in [0.2, 0.25) is 0 Å². The molecule has 1 aliphatic heterocycles. The lowest BCUT2D eigenvalue weighted by molar-refractivity contribution is 0.0698. The molecule has 108 valence electrons. The second-order valence-corrected chi connectivity index (χ2v) is 5.06. The number of rotatable bonds is 4. The minimum absolute atomic E-state index is 0.178. The van der Waals surface area contributed by atoms with E-state index in [9.17, 15) is 9.90 Å². The van der Waals surface area contributed by atoms with E-state index in [1.165, 1.54) is 23.4 Å². The lowest BCUT2D eigenvalue weighted by Gasteiger charge is -2.27. The molecule has 0 saturated heterocycles. The number of nitrogens with zero attached hydrogens (tertiary/aromatic N) is 1. The Morgan fingerprint density at radius 1 is 1.38 bits per heavy atom. The lowest BCUT2D eigenvalue weighted by atomic mass is 9.94. The van der Waals surface area contributed by atoms with Gasteiger partial charge < -0.3 is 15.7 Å². The van der Waals surface area contributed by atoms with Crippen LogP contribution in [0, 0.1) is 0 Å². The zero-order chi connectivity index (χ0) is 14.7.